The lowest BCUT2D eigenvalue weighted by atomic mass is 10.1. The molecule has 0 saturated carbocycles. The normalized spacial score (nSPS) is 11.2. The Morgan fingerprint density at radius 1 is 1.14 bits per heavy atom. The van der Waals surface area contributed by atoms with Gasteiger partial charge in [-0.15, -0.1) is 0 Å². The third kappa shape index (κ3) is 4.08. The first-order chi connectivity index (χ1) is 10.1. The van der Waals surface area contributed by atoms with Crippen molar-refractivity contribution in [2.75, 3.05) is 33.7 Å². The molecule has 2 rings (SSSR count). The van der Waals surface area contributed by atoms with Gasteiger partial charge >= 0.3 is 0 Å². The molecule has 114 valence electrons. The van der Waals surface area contributed by atoms with Crippen molar-refractivity contribution in [3.05, 3.63) is 36.0 Å². The van der Waals surface area contributed by atoms with Crippen molar-refractivity contribution >= 4 is 16.8 Å². The SMILES string of the molecule is CCCN(CCN(C)C)C(=O)Cc1c[nH]c2ccccc12. The molecule has 0 unspecified atom stereocenters. The molecule has 0 spiro atoms. The van der Waals surface area contributed by atoms with Gasteiger partial charge in [0.2, 0.25) is 5.91 Å². The smallest absolute Gasteiger partial charge is 0.227 e. The number of aromatic nitrogens is 1. The number of carbonyl (C=O) groups excluding carboxylic acids is 1. The zero-order chi connectivity index (χ0) is 15.2. The monoisotopic (exact) mass is 287 g/mol. The Morgan fingerprint density at radius 3 is 2.62 bits per heavy atom. The minimum absolute atomic E-state index is 0.212. The summed E-state index contributed by atoms with van der Waals surface area (Å²) >= 11 is 0. The fourth-order valence-electron chi connectivity index (χ4n) is 2.50. The number of likely N-dealkylation sites (N-methyl/N-ethyl adjacent to an activating group) is 1. The maximum atomic E-state index is 12.6. The van der Waals surface area contributed by atoms with Crippen LogP contribution < -0.4 is 0 Å². The molecule has 1 heterocycles. The number of amides is 1. The molecule has 0 saturated heterocycles. The number of fused-ring (bicyclic) bond motifs is 1. The van der Waals surface area contributed by atoms with Crippen molar-refractivity contribution < 1.29 is 4.79 Å². The lowest BCUT2D eigenvalue weighted by Gasteiger charge is -2.24. The second-order valence-electron chi connectivity index (χ2n) is 5.72. The predicted molar refractivity (Wildman–Crippen MR) is 87.4 cm³/mol. The van der Waals surface area contributed by atoms with E-state index in [1.54, 1.807) is 0 Å². The highest BCUT2D eigenvalue weighted by molar-refractivity contribution is 5.88. The van der Waals surface area contributed by atoms with Crippen LogP contribution in [0.2, 0.25) is 0 Å². The Balaban J connectivity index is 2.07. The Hall–Kier alpha value is -1.81. The van der Waals surface area contributed by atoms with Crippen LogP contribution in [0.1, 0.15) is 18.9 Å². The summed E-state index contributed by atoms with van der Waals surface area (Å²) in [7, 11) is 4.07. The average molecular weight is 287 g/mol. The van der Waals surface area contributed by atoms with E-state index < -0.39 is 0 Å². The lowest BCUT2D eigenvalue weighted by Crippen LogP contribution is -2.38. The summed E-state index contributed by atoms with van der Waals surface area (Å²) in [5.74, 6) is 0.212. The molecule has 4 nitrogen and oxygen atoms in total. The minimum atomic E-state index is 0.212. The first-order valence-electron chi connectivity index (χ1n) is 7.59. The van der Waals surface area contributed by atoms with Gasteiger partial charge in [-0.1, -0.05) is 25.1 Å². The number of rotatable bonds is 7. The number of para-hydroxylation sites is 1. The van der Waals surface area contributed by atoms with Gasteiger partial charge in [0.05, 0.1) is 6.42 Å². The van der Waals surface area contributed by atoms with Crippen LogP contribution in [0.5, 0.6) is 0 Å². The Bertz CT molecular complexity index is 588. The predicted octanol–water partition coefficient (Wildman–Crippen LogP) is 2.51. The van der Waals surface area contributed by atoms with Gasteiger partial charge in [0.1, 0.15) is 0 Å². The molecule has 1 aromatic carbocycles. The number of benzene rings is 1. The highest BCUT2D eigenvalue weighted by atomic mass is 16.2. The molecule has 0 bridgehead atoms. The van der Waals surface area contributed by atoms with E-state index in [0.29, 0.717) is 6.42 Å². The van der Waals surface area contributed by atoms with Gasteiger partial charge in [-0.05, 0) is 32.1 Å². The van der Waals surface area contributed by atoms with Crippen LogP contribution in [-0.2, 0) is 11.2 Å². The number of hydrogen-bond acceptors (Lipinski definition) is 2. The molecule has 0 atom stereocenters. The van der Waals surface area contributed by atoms with Gasteiger partial charge in [-0.25, -0.2) is 0 Å². The molecular weight excluding hydrogens is 262 g/mol. The van der Waals surface area contributed by atoms with Crippen LogP contribution >= 0.6 is 0 Å². The second-order valence-corrected chi connectivity index (χ2v) is 5.72. The number of carbonyl (C=O) groups is 1. The van der Waals surface area contributed by atoms with Crippen molar-refractivity contribution in [1.82, 2.24) is 14.8 Å². The highest BCUT2D eigenvalue weighted by Gasteiger charge is 2.15. The van der Waals surface area contributed by atoms with Crippen molar-refractivity contribution in [3.8, 4) is 0 Å². The molecule has 0 fully saturated rings. The molecule has 21 heavy (non-hydrogen) atoms. The van der Waals surface area contributed by atoms with E-state index in [9.17, 15) is 4.79 Å². The second kappa shape index (κ2) is 7.27. The molecule has 1 amide bonds. The van der Waals surface area contributed by atoms with E-state index in [1.165, 1.54) is 0 Å². The molecule has 4 heteroatoms. The van der Waals surface area contributed by atoms with Gasteiger partial charge in [0, 0.05) is 36.7 Å². The maximum Gasteiger partial charge on any atom is 0.227 e. The summed E-state index contributed by atoms with van der Waals surface area (Å²) in [5, 5.41) is 1.15. The zero-order valence-electron chi connectivity index (χ0n) is 13.2. The van der Waals surface area contributed by atoms with Crippen LogP contribution in [-0.4, -0.2) is 54.4 Å². The van der Waals surface area contributed by atoms with E-state index in [0.717, 1.165) is 42.5 Å². The molecule has 0 aliphatic carbocycles. The van der Waals surface area contributed by atoms with Crippen molar-refractivity contribution in [2.45, 2.75) is 19.8 Å². The van der Waals surface area contributed by atoms with Crippen molar-refractivity contribution in [1.29, 1.82) is 0 Å². The minimum Gasteiger partial charge on any atom is -0.361 e. The topological polar surface area (TPSA) is 39.3 Å². The maximum absolute atomic E-state index is 12.6. The molecule has 2 aromatic rings. The summed E-state index contributed by atoms with van der Waals surface area (Å²) < 4.78 is 0. The van der Waals surface area contributed by atoms with Gasteiger partial charge in [-0.3, -0.25) is 4.79 Å². The van der Waals surface area contributed by atoms with Crippen LogP contribution in [0.25, 0.3) is 10.9 Å². The third-order valence-electron chi connectivity index (χ3n) is 3.68. The number of aromatic amines is 1. The fourth-order valence-corrected chi connectivity index (χ4v) is 2.50. The fraction of sp³-hybridized carbons (Fsp3) is 0.471. The van der Waals surface area contributed by atoms with E-state index in [-0.39, 0.29) is 5.91 Å². The van der Waals surface area contributed by atoms with Gasteiger partial charge in [0.25, 0.3) is 0 Å². The van der Waals surface area contributed by atoms with Crippen molar-refractivity contribution in [2.24, 2.45) is 0 Å². The van der Waals surface area contributed by atoms with Crippen LogP contribution in [0.15, 0.2) is 30.5 Å². The zero-order valence-corrected chi connectivity index (χ0v) is 13.2. The van der Waals surface area contributed by atoms with E-state index in [2.05, 4.69) is 22.9 Å². The third-order valence-corrected chi connectivity index (χ3v) is 3.68. The number of H-pyrrole nitrogens is 1. The van der Waals surface area contributed by atoms with Crippen LogP contribution in [0.4, 0.5) is 0 Å². The highest BCUT2D eigenvalue weighted by Crippen LogP contribution is 2.18. The molecule has 0 aliphatic rings. The Morgan fingerprint density at radius 2 is 1.90 bits per heavy atom. The number of hydrogen-bond donors (Lipinski definition) is 1. The molecule has 0 aliphatic heterocycles. The first-order valence-corrected chi connectivity index (χ1v) is 7.59. The summed E-state index contributed by atoms with van der Waals surface area (Å²) in [6.45, 7) is 4.64. The summed E-state index contributed by atoms with van der Waals surface area (Å²) in [6, 6.07) is 8.13. The van der Waals surface area contributed by atoms with Gasteiger partial charge in [-0.2, -0.15) is 0 Å². The van der Waals surface area contributed by atoms with E-state index >= 15 is 0 Å². The summed E-state index contributed by atoms with van der Waals surface area (Å²) in [6.07, 6.45) is 3.42. The van der Waals surface area contributed by atoms with E-state index in [4.69, 9.17) is 0 Å². The van der Waals surface area contributed by atoms with Crippen LogP contribution in [0.3, 0.4) is 0 Å². The largest absolute Gasteiger partial charge is 0.361 e. The molecular formula is C17H25N3O. The molecule has 1 N–H and O–H groups in total. The Kier molecular flexibility index (Phi) is 5.39. The average Bonchev–Trinajstić information content (AvgIpc) is 2.86. The standard InChI is InChI=1S/C17H25N3O/c1-4-9-20(11-10-19(2)3)17(21)12-14-13-18-16-8-6-5-7-15(14)16/h5-8,13,18H,4,9-12H2,1-3H3. The number of nitrogens with zero attached hydrogens (tertiary/aromatic N) is 2. The van der Waals surface area contributed by atoms with Crippen molar-refractivity contribution in [3.63, 3.8) is 0 Å². The molecule has 0 radical (unpaired) electrons. The van der Waals surface area contributed by atoms with E-state index in [1.807, 2.05) is 43.4 Å². The van der Waals surface area contributed by atoms with Gasteiger partial charge < -0.3 is 14.8 Å². The van der Waals surface area contributed by atoms with Crippen LogP contribution in [0, 0.1) is 0 Å². The first kappa shape index (κ1) is 15.6. The quantitative estimate of drug-likeness (QED) is 0.850. The van der Waals surface area contributed by atoms with Gasteiger partial charge in [0.15, 0.2) is 0 Å². The summed E-state index contributed by atoms with van der Waals surface area (Å²) in [5.41, 5.74) is 2.18. The summed E-state index contributed by atoms with van der Waals surface area (Å²) in [4.78, 5) is 19.9. The Labute approximate surface area is 126 Å². The number of nitrogens with one attached hydrogen (secondary N) is 1. The lowest BCUT2D eigenvalue weighted by molar-refractivity contribution is -0.130. The molecule has 1 aromatic heterocycles.